The number of anilines is 1. The molecular formula is C14H21N5O3S. The molecule has 2 aliphatic heterocycles. The van der Waals surface area contributed by atoms with Crippen LogP contribution in [0, 0.1) is 0 Å². The fraction of sp³-hybridized carbons (Fsp3) is 0.643. The van der Waals surface area contributed by atoms with Crippen LogP contribution >= 0.6 is 0 Å². The van der Waals surface area contributed by atoms with Crippen molar-refractivity contribution in [3.05, 3.63) is 18.0 Å². The zero-order chi connectivity index (χ0) is 16.4. The quantitative estimate of drug-likeness (QED) is 0.790. The van der Waals surface area contributed by atoms with Gasteiger partial charge < -0.3 is 15.1 Å². The summed E-state index contributed by atoms with van der Waals surface area (Å²) < 4.78 is 22.9. The maximum Gasteiger partial charge on any atom is 0.257 e. The molecule has 2 aliphatic rings. The minimum Gasteiger partial charge on any atom is -0.350 e. The summed E-state index contributed by atoms with van der Waals surface area (Å²) in [5, 5.41) is 3.01. The van der Waals surface area contributed by atoms with Crippen LogP contribution in [-0.2, 0) is 9.84 Å². The molecule has 0 spiro atoms. The Kier molecular flexibility index (Phi) is 4.49. The number of likely N-dealkylation sites (N-methyl/N-ethyl adjacent to an activating group) is 1. The smallest absolute Gasteiger partial charge is 0.257 e. The van der Waals surface area contributed by atoms with E-state index in [0.717, 1.165) is 13.1 Å². The number of piperazine rings is 1. The Morgan fingerprint density at radius 3 is 2.43 bits per heavy atom. The average molecular weight is 339 g/mol. The molecule has 1 aromatic rings. The third-order valence-corrected chi connectivity index (χ3v) is 6.02. The topological polar surface area (TPSA) is 95.5 Å². The molecular weight excluding hydrogens is 318 g/mol. The van der Waals surface area contributed by atoms with Gasteiger partial charge in [-0.05, 0) is 13.5 Å². The molecule has 1 unspecified atom stereocenters. The summed E-state index contributed by atoms with van der Waals surface area (Å²) in [6.07, 6.45) is 3.56. The molecule has 1 amide bonds. The van der Waals surface area contributed by atoms with Crippen LogP contribution < -0.4 is 5.32 Å². The van der Waals surface area contributed by atoms with Gasteiger partial charge in [0.2, 0.25) is 5.95 Å². The molecule has 1 atom stereocenters. The van der Waals surface area contributed by atoms with Gasteiger partial charge in [0.15, 0.2) is 9.84 Å². The zero-order valence-electron chi connectivity index (χ0n) is 13.1. The molecule has 2 fully saturated rings. The Morgan fingerprint density at radius 1 is 1.22 bits per heavy atom. The van der Waals surface area contributed by atoms with E-state index in [9.17, 15) is 13.2 Å². The van der Waals surface area contributed by atoms with Crippen LogP contribution in [0.4, 0.5) is 5.95 Å². The Labute approximate surface area is 135 Å². The number of aromatic nitrogens is 2. The number of carbonyl (C=O) groups is 1. The van der Waals surface area contributed by atoms with Crippen molar-refractivity contribution in [2.45, 2.75) is 12.5 Å². The summed E-state index contributed by atoms with van der Waals surface area (Å²) in [5.74, 6) is 0.610. The van der Waals surface area contributed by atoms with Crippen LogP contribution in [0.1, 0.15) is 16.8 Å². The number of rotatable bonds is 3. The highest BCUT2D eigenvalue weighted by Gasteiger charge is 2.28. The fourth-order valence-corrected chi connectivity index (χ4v) is 4.47. The van der Waals surface area contributed by atoms with Crippen LogP contribution in [-0.4, -0.2) is 84.9 Å². The predicted molar refractivity (Wildman–Crippen MR) is 86.1 cm³/mol. The van der Waals surface area contributed by atoms with Crippen LogP contribution in [0.15, 0.2) is 12.4 Å². The molecule has 1 aromatic heterocycles. The van der Waals surface area contributed by atoms with E-state index in [1.54, 1.807) is 4.90 Å². The first kappa shape index (κ1) is 16.1. The maximum absolute atomic E-state index is 12.4. The summed E-state index contributed by atoms with van der Waals surface area (Å²) in [6.45, 7) is 3.13. The van der Waals surface area contributed by atoms with Crippen LogP contribution in [0.25, 0.3) is 0 Å². The van der Waals surface area contributed by atoms with Crippen molar-refractivity contribution in [1.82, 2.24) is 19.8 Å². The van der Waals surface area contributed by atoms with Crippen LogP contribution in [0.2, 0.25) is 0 Å². The van der Waals surface area contributed by atoms with E-state index >= 15 is 0 Å². The Balaban J connectivity index is 1.60. The SMILES string of the molecule is CN1CCN(C(=O)c2cnc(NC3CCS(=O)(=O)C3)nc2)CC1. The van der Waals surface area contributed by atoms with Gasteiger partial charge in [0.1, 0.15) is 0 Å². The summed E-state index contributed by atoms with van der Waals surface area (Å²) in [5.41, 5.74) is 0.458. The Bertz CT molecular complexity index is 668. The van der Waals surface area contributed by atoms with Gasteiger partial charge in [-0.1, -0.05) is 0 Å². The van der Waals surface area contributed by atoms with Gasteiger partial charge in [-0.3, -0.25) is 4.79 Å². The molecule has 9 heteroatoms. The molecule has 8 nitrogen and oxygen atoms in total. The highest BCUT2D eigenvalue weighted by molar-refractivity contribution is 7.91. The molecule has 0 bridgehead atoms. The summed E-state index contributed by atoms with van der Waals surface area (Å²) in [7, 11) is -0.903. The van der Waals surface area contributed by atoms with E-state index < -0.39 is 9.84 Å². The number of amides is 1. The summed E-state index contributed by atoms with van der Waals surface area (Å²) in [6, 6.07) is -0.154. The number of sulfone groups is 1. The van der Waals surface area contributed by atoms with Crippen molar-refractivity contribution in [3.63, 3.8) is 0 Å². The van der Waals surface area contributed by atoms with E-state index in [1.807, 2.05) is 7.05 Å². The third-order valence-electron chi connectivity index (χ3n) is 4.25. The second-order valence-corrected chi connectivity index (χ2v) is 8.36. The molecule has 0 saturated carbocycles. The lowest BCUT2D eigenvalue weighted by Gasteiger charge is -2.32. The van der Waals surface area contributed by atoms with Crippen LogP contribution in [0.5, 0.6) is 0 Å². The van der Waals surface area contributed by atoms with Crippen molar-refractivity contribution < 1.29 is 13.2 Å². The van der Waals surface area contributed by atoms with E-state index in [4.69, 9.17) is 0 Å². The standard InChI is InChI=1S/C14H21N5O3S/c1-18-3-5-19(6-4-18)13(20)11-8-15-14(16-9-11)17-12-2-7-23(21,22)10-12/h8-9,12H,2-7,10H2,1H3,(H,15,16,17). The van der Waals surface area contributed by atoms with Gasteiger partial charge >= 0.3 is 0 Å². The molecule has 0 aliphatic carbocycles. The molecule has 2 saturated heterocycles. The number of nitrogens with one attached hydrogen (secondary N) is 1. The van der Waals surface area contributed by atoms with E-state index in [1.165, 1.54) is 12.4 Å². The second kappa shape index (κ2) is 6.40. The Hall–Kier alpha value is -1.74. The molecule has 0 aromatic carbocycles. The predicted octanol–water partition coefficient (Wildman–Crippen LogP) is -0.537. The monoisotopic (exact) mass is 339 g/mol. The normalized spacial score (nSPS) is 24.6. The highest BCUT2D eigenvalue weighted by atomic mass is 32.2. The number of nitrogens with zero attached hydrogens (tertiary/aromatic N) is 4. The molecule has 0 radical (unpaired) electrons. The maximum atomic E-state index is 12.4. The lowest BCUT2D eigenvalue weighted by molar-refractivity contribution is 0.0663. The third kappa shape index (κ3) is 3.97. The Morgan fingerprint density at radius 2 is 1.87 bits per heavy atom. The first-order valence-electron chi connectivity index (χ1n) is 7.70. The lowest BCUT2D eigenvalue weighted by Crippen LogP contribution is -2.47. The van der Waals surface area contributed by atoms with Gasteiger partial charge in [-0.2, -0.15) is 0 Å². The molecule has 3 heterocycles. The van der Waals surface area contributed by atoms with Crippen LogP contribution in [0.3, 0.4) is 0 Å². The van der Waals surface area contributed by atoms with Crippen molar-refractivity contribution >= 4 is 21.7 Å². The lowest BCUT2D eigenvalue weighted by atomic mass is 10.2. The molecule has 23 heavy (non-hydrogen) atoms. The highest BCUT2D eigenvalue weighted by Crippen LogP contribution is 2.15. The van der Waals surface area contributed by atoms with Crippen molar-refractivity contribution in [2.75, 3.05) is 50.0 Å². The van der Waals surface area contributed by atoms with Crippen molar-refractivity contribution in [3.8, 4) is 0 Å². The van der Waals surface area contributed by atoms with Gasteiger partial charge in [0.25, 0.3) is 5.91 Å². The van der Waals surface area contributed by atoms with E-state index in [0.29, 0.717) is 31.0 Å². The van der Waals surface area contributed by atoms with E-state index in [2.05, 4.69) is 20.2 Å². The molecule has 1 N–H and O–H groups in total. The molecule has 3 rings (SSSR count). The minimum absolute atomic E-state index is 0.0619. The summed E-state index contributed by atoms with van der Waals surface area (Å²) >= 11 is 0. The molecule has 126 valence electrons. The van der Waals surface area contributed by atoms with Gasteiger partial charge in [0, 0.05) is 44.6 Å². The van der Waals surface area contributed by atoms with Crippen molar-refractivity contribution in [1.29, 1.82) is 0 Å². The van der Waals surface area contributed by atoms with Gasteiger partial charge in [0.05, 0.1) is 17.1 Å². The number of hydrogen-bond donors (Lipinski definition) is 1. The largest absolute Gasteiger partial charge is 0.350 e. The van der Waals surface area contributed by atoms with Gasteiger partial charge in [-0.15, -0.1) is 0 Å². The fourth-order valence-electron chi connectivity index (χ4n) is 2.80. The van der Waals surface area contributed by atoms with E-state index in [-0.39, 0.29) is 23.5 Å². The minimum atomic E-state index is -2.94. The first-order valence-corrected chi connectivity index (χ1v) is 9.52. The first-order chi connectivity index (χ1) is 10.9. The number of hydrogen-bond acceptors (Lipinski definition) is 7. The average Bonchev–Trinajstić information content (AvgIpc) is 2.87. The number of carbonyl (C=O) groups excluding carboxylic acids is 1. The van der Waals surface area contributed by atoms with Crippen molar-refractivity contribution in [2.24, 2.45) is 0 Å². The van der Waals surface area contributed by atoms with Gasteiger partial charge in [-0.25, -0.2) is 18.4 Å². The second-order valence-electron chi connectivity index (χ2n) is 6.14. The zero-order valence-corrected chi connectivity index (χ0v) is 13.9. The summed E-state index contributed by atoms with van der Waals surface area (Å²) in [4.78, 5) is 24.7.